The van der Waals surface area contributed by atoms with Crippen LogP contribution in [-0.4, -0.2) is 72.9 Å². The summed E-state index contributed by atoms with van der Waals surface area (Å²) in [6.45, 7) is 0.938. The van der Waals surface area contributed by atoms with Gasteiger partial charge in [-0.25, -0.2) is 13.6 Å². The fourth-order valence-electron chi connectivity index (χ4n) is 5.55. The highest BCUT2D eigenvalue weighted by Gasteiger charge is 2.32. The number of nitrogens with zero attached hydrogens (tertiary/aromatic N) is 2. The number of rotatable bonds is 9. The van der Waals surface area contributed by atoms with E-state index in [9.17, 15) is 27.6 Å². The van der Waals surface area contributed by atoms with Crippen molar-refractivity contribution >= 4 is 40.9 Å². The third kappa shape index (κ3) is 8.72. The van der Waals surface area contributed by atoms with Crippen molar-refractivity contribution in [2.24, 2.45) is 5.92 Å². The quantitative estimate of drug-likeness (QED) is 0.272. The molecule has 1 heterocycles. The molecule has 2 aromatic rings. The van der Waals surface area contributed by atoms with Gasteiger partial charge in [-0.15, -0.1) is 0 Å². The smallest absolute Gasteiger partial charge is 0.404 e. The van der Waals surface area contributed by atoms with Crippen molar-refractivity contribution in [3.8, 4) is 0 Å². The van der Waals surface area contributed by atoms with E-state index in [1.165, 1.54) is 18.2 Å². The van der Waals surface area contributed by atoms with Crippen molar-refractivity contribution < 1.29 is 41.4 Å². The largest absolute Gasteiger partial charge is 0.465 e. The molecule has 4 N–H and O–H groups in total. The van der Waals surface area contributed by atoms with E-state index in [0.29, 0.717) is 49.7 Å². The first kappa shape index (κ1) is 33.2. The molecule has 3 amide bonds. The number of carbonyl (C=O) groups is 3. The van der Waals surface area contributed by atoms with Gasteiger partial charge in [-0.1, -0.05) is 30.5 Å². The van der Waals surface area contributed by atoms with Crippen LogP contribution in [0.5, 0.6) is 0 Å². The Morgan fingerprint density at radius 1 is 0.977 bits per heavy atom. The molecule has 0 aromatic heterocycles. The minimum Gasteiger partial charge on any atom is -0.465 e. The van der Waals surface area contributed by atoms with Crippen LogP contribution in [0.25, 0.3) is 0 Å². The van der Waals surface area contributed by atoms with E-state index in [2.05, 4.69) is 16.0 Å². The zero-order chi connectivity index (χ0) is 32.0. The van der Waals surface area contributed by atoms with Gasteiger partial charge in [-0.3, -0.25) is 14.5 Å². The van der Waals surface area contributed by atoms with Gasteiger partial charge in [0.2, 0.25) is 5.91 Å². The first-order valence-electron chi connectivity index (χ1n) is 14.2. The molecule has 1 aliphatic carbocycles. The maximum atomic E-state index is 15.1. The van der Waals surface area contributed by atoms with Gasteiger partial charge in [-0.05, 0) is 37.1 Å². The highest BCUT2D eigenvalue weighted by atomic mass is 35.5. The molecule has 44 heavy (non-hydrogen) atoms. The van der Waals surface area contributed by atoms with Crippen LogP contribution < -0.4 is 20.9 Å². The van der Waals surface area contributed by atoms with Gasteiger partial charge in [0.15, 0.2) is 11.6 Å². The molecular formula is C29H33ClF5N5O4. The van der Waals surface area contributed by atoms with Gasteiger partial charge >= 0.3 is 12.3 Å². The summed E-state index contributed by atoms with van der Waals surface area (Å²) in [6, 6.07) is 6.29. The molecule has 1 saturated carbocycles. The minimum atomic E-state index is -4.25. The summed E-state index contributed by atoms with van der Waals surface area (Å²) in [5.41, 5.74) is -0.0220. The summed E-state index contributed by atoms with van der Waals surface area (Å²) in [6.07, 6.45) is -3.97. The van der Waals surface area contributed by atoms with Crippen molar-refractivity contribution in [1.82, 2.24) is 15.5 Å². The van der Waals surface area contributed by atoms with Crippen LogP contribution in [0.2, 0.25) is 5.02 Å². The first-order chi connectivity index (χ1) is 20.8. The number of benzene rings is 2. The molecule has 0 spiro atoms. The molecule has 15 heteroatoms. The number of amides is 3. The average Bonchev–Trinajstić information content (AvgIpc) is 2.97. The van der Waals surface area contributed by atoms with Crippen LogP contribution in [0.3, 0.4) is 0 Å². The van der Waals surface area contributed by atoms with Gasteiger partial charge < -0.3 is 26.0 Å². The van der Waals surface area contributed by atoms with Crippen molar-refractivity contribution in [2.75, 3.05) is 42.9 Å². The summed E-state index contributed by atoms with van der Waals surface area (Å²) in [4.78, 5) is 40.4. The van der Waals surface area contributed by atoms with Crippen LogP contribution in [0.1, 0.15) is 48.0 Å². The summed E-state index contributed by atoms with van der Waals surface area (Å²) in [5.74, 6) is -4.79. The summed E-state index contributed by atoms with van der Waals surface area (Å²) < 4.78 is 67.9. The molecule has 2 aromatic carbocycles. The van der Waals surface area contributed by atoms with E-state index in [4.69, 9.17) is 16.7 Å². The van der Waals surface area contributed by atoms with E-state index in [-0.39, 0.29) is 24.3 Å². The molecule has 2 atom stereocenters. The van der Waals surface area contributed by atoms with Crippen molar-refractivity contribution in [3.63, 3.8) is 0 Å². The SMILES string of the molecule is O=C(O)NC1CCCCC1C(=O)NCc1ccc(C(=O)Nc2ccc(Cl)cc2N2CCN(CCC(F)(F)F)CC2)c(F)c1F. The number of carbonyl (C=O) groups excluding carboxylic acids is 2. The highest BCUT2D eigenvalue weighted by molar-refractivity contribution is 6.31. The number of alkyl halides is 3. The Balaban J connectivity index is 1.40. The number of nitrogens with one attached hydrogen (secondary N) is 3. The van der Waals surface area contributed by atoms with Crippen LogP contribution in [0.15, 0.2) is 30.3 Å². The first-order valence-corrected chi connectivity index (χ1v) is 14.6. The summed E-state index contributed by atoms with van der Waals surface area (Å²) in [7, 11) is 0. The maximum Gasteiger partial charge on any atom is 0.404 e. The molecule has 2 aliphatic rings. The van der Waals surface area contributed by atoms with E-state index >= 15 is 8.78 Å². The van der Waals surface area contributed by atoms with Crippen LogP contribution in [-0.2, 0) is 11.3 Å². The molecule has 9 nitrogen and oxygen atoms in total. The number of carboxylic acid groups (broad SMARTS) is 1. The fourth-order valence-corrected chi connectivity index (χ4v) is 5.72. The Hall–Kier alpha value is -3.65. The lowest BCUT2D eigenvalue weighted by atomic mass is 9.84. The average molecular weight is 646 g/mol. The maximum absolute atomic E-state index is 15.1. The summed E-state index contributed by atoms with van der Waals surface area (Å²) >= 11 is 6.17. The van der Waals surface area contributed by atoms with E-state index in [1.54, 1.807) is 11.0 Å². The second kappa shape index (κ2) is 14.4. The Morgan fingerprint density at radius 3 is 2.36 bits per heavy atom. The van der Waals surface area contributed by atoms with Gasteiger partial charge in [0.25, 0.3) is 5.91 Å². The normalized spacial score (nSPS) is 19.4. The Morgan fingerprint density at radius 2 is 1.68 bits per heavy atom. The number of hydrogen-bond donors (Lipinski definition) is 4. The number of halogens is 6. The van der Waals surface area contributed by atoms with Gasteiger partial charge in [-0.2, -0.15) is 13.2 Å². The third-order valence-electron chi connectivity index (χ3n) is 7.90. The van der Waals surface area contributed by atoms with Gasteiger partial charge in [0, 0.05) is 55.9 Å². The zero-order valence-corrected chi connectivity index (χ0v) is 24.4. The van der Waals surface area contributed by atoms with Crippen LogP contribution in [0, 0.1) is 17.6 Å². The zero-order valence-electron chi connectivity index (χ0n) is 23.7. The molecule has 0 radical (unpaired) electrons. The monoisotopic (exact) mass is 645 g/mol. The van der Waals surface area contributed by atoms with E-state index < -0.39 is 59.7 Å². The Kier molecular flexibility index (Phi) is 10.9. The topological polar surface area (TPSA) is 114 Å². The summed E-state index contributed by atoms with van der Waals surface area (Å²) in [5, 5.41) is 16.8. The van der Waals surface area contributed by atoms with Crippen LogP contribution in [0.4, 0.5) is 38.1 Å². The molecule has 0 bridgehead atoms. The molecule has 1 aliphatic heterocycles. The minimum absolute atomic E-state index is 0.121. The predicted octanol–water partition coefficient (Wildman–Crippen LogP) is 5.39. The molecule has 4 rings (SSSR count). The number of piperazine rings is 1. The molecular weight excluding hydrogens is 613 g/mol. The Labute approximate surface area is 255 Å². The van der Waals surface area contributed by atoms with Crippen molar-refractivity contribution in [2.45, 2.75) is 50.9 Å². The number of hydrogen-bond acceptors (Lipinski definition) is 5. The second-order valence-corrected chi connectivity index (χ2v) is 11.3. The lowest BCUT2D eigenvalue weighted by Crippen LogP contribution is -2.47. The predicted molar refractivity (Wildman–Crippen MR) is 154 cm³/mol. The molecule has 240 valence electrons. The van der Waals surface area contributed by atoms with Crippen LogP contribution >= 0.6 is 11.6 Å². The molecule has 2 unspecified atom stereocenters. The fraction of sp³-hybridized carbons (Fsp3) is 0.483. The highest BCUT2D eigenvalue weighted by Crippen LogP contribution is 2.32. The van der Waals surface area contributed by atoms with E-state index in [0.717, 1.165) is 18.9 Å². The third-order valence-corrected chi connectivity index (χ3v) is 8.14. The lowest BCUT2D eigenvalue weighted by molar-refractivity contribution is -0.138. The number of anilines is 2. The van der Waals surface area contributed by atoms with Gasteiger partial charge in [0.1, 0.15) is 0 Å². The molecule has 2 fully saturated rings. The van der Waals surface area contributed by atoms with Gasteiger partial charge in [0.05, 0.1) is 29.3 Å². The lowest BCUT2D eigenvalue weighted by Gasteiger charge is -2.37. The second-order valence-electron chi connectivity index (χ2n) is 10.9. The Bertz CT molecular complexity index is 1370. The van der Waals surface area contributed by atoms with Crippen molar-refractivity contribution in [3.05, 3.63) is 58.1 Å². The molecule has 1 saturated heterocycles. The van der Waals surface area contributed by atoms with Crippen molar-refractivity contribution in [1.29, 1.82) is 0 Å². The standard InChI is InChI=1S/C29H33ClF5N5O4/c30-18-6-8-22(23(15-18)40-13-11-39(12-14-40)10-9-29(33,34)35)37-27(42)20-7-5-17(24(31)25(20)32)16-36-26(41)19-3-1-2-4-21(19)38-28(43)44/h5-8,15,19,21,38H,1-4,9-14,16H2,(H,36,41)(H,37,42)(H,43,44). The van der Waals surface area contributed by atoms with E-state index in [1.807, 2.05) is 4.90 Å².